The van der Waals surface area contributed by atoms with Gasteiger partial charge in [-0.1, -0.05) is 49.4 Å². The minimum absolute atomic E-state index is 0.0445. The number of hydroxylamine groups is 2. The van der Waals surface area contributed by atoms with Crippen LogP contribution in [0.4, 0.5) is 0 Å². The van der Waals surface area contributed by atoms with E-state index in [4.69, 9.17) is 4.84 Å². The first-order chi connectivity index (χ1) is 10.2. The van der Waals surface area contributed by atoms with Crippen LogP contribution < -0.4 is 0 Å². The highest BCUT2D eigenvalue weighted by atomic mass is 16.9. The lowest BCUT2D eigenvalue weighted by atomic mass is 9.85. The Labute approximate surface area is 126 Å². The molecule has 0 amide bonds. The van der Waals surface area contributed by atoms with Crippen LogP contribution in [0.3, 0.4) is 0 Å². The lowest BCUT2D eigenvalue weighted by molar-refractivity contribution is 0.150. The summed E-state index contributed by atoms with van der Waals surface area (Å²) in [5.41, 5.74) is 1.42. The van der Waals surface area contributed by atoms with Crippen LogP contribution >= 0.6 is 0 Å². The van der Waals surface area contributed by atoms with Crippen LogP contribution in [0.1, 0.15) is 51.1 Å². The SMILES string of the molecule is CC1CCC2(CC1)ON2C(C)c1cccc2ccccc12. The number of nitrogens with zero attached hydrogens (tertiary/aromatic N) is 1. The molecule has 0 radical (unpaired) electrons. The van der Waals surface area contributed by atoms with E-state index in [1.807, 2.05) is 0 Å². The second-order valence-electron chi connectivity index (χ2n) is 6.79. The molecule has 2 aromatic carbocycles. The summed E-state index contributed by atoms with van der Waals surface area (Å²) in [4.78, 5) is 6.09. The van der Waals surface area contributed by atoms with Gasteiger partial charge in [0.15, 0.2) is 5.72 Å². The summed E-state index contributed by atoms with van der Waals surface area (Å²) >= 11 is 0. The van der Waals surface area contributed by atoms with E-state index in [1.165, 1.54) is 42.0 Å². The number of benzene rings is 2. The average molecular weight is 281 g/mol. The van der Waals surface area contributed by atoms with Crippen molar-refractivity contribution in [2.45, 2.75) is 51.3 Å². The summed E-state index contributed by atoms with van der Waals surface area (Å²) in [7, 11) is 0. The van der Waals surface area contributed by atoms with Crippen molar-refractivity contribution >= 4 is 10.8 Å². The molecular formula is C19H23NO. The fourth-order valence-electron chi connectivity index (χ4n) is 3.86. The summed E-state index contributed by atoms with van der Waals surface area (Å²) in [5, 5.41) is 4.91. The molecule has 2 aliphatic rings. The predicted octanol–water partition coefficient (Wildman–Crippen LogP) is 5.05. The highest BCUT2D eigenvalue weighted by molar-refractivity contribution is 5.86. The topological polar surface area (TPSA) is 15.5 Å². The molecule has 1 saturated heterocycles. The molecule has 21 heavy (non-hydrogen) atoms. The van der Waals surface area contributed by atoms with E-state index >= 15 is 0 Å². The van der Waals surface area contributed by atoms with E-state index in [0.29, 0.717) is 6.04 Å². The number of fused-ring (bicyclic) bond motifs is 1. The van der Waals surface area contributed by atoms with Crippen LogP contribution in [-0.2, 0) is 4.84 Å². The molecule has 2 fully saturated rings. The molecule has 1 aliphatic carbocycles. The molecule has 2 nitrogen and oxygen atoms in total. The molecule has 2 aromatic rings. The fraction of sp³-hybridized carbons (Fsp3) is 0.474. The molecule has 2 heteroatoms. The fourth-order valence-corrected chi connectivity index (χ4v) is 3.86. The largest absolute Gasteiger partial charge is 0.271 e. The van der Waals surface area contributed by atoms with Gasteiger partial charge in [0, 0.05) is 0 Å². The van der Waals surface area contributed by atoms with Crippen molar-refractivity contribution in [1.29, 1.82) is 0 Å². The second-order valence-corrected chi connectivity index (χ2v) is 6.79. The Kier molecular flexibility index (Phi) is 3.05. The van der Waals surface area contributed by atoms with E-state index in [2.05, 4.69) is 61.4 Å². The Balaban J connectivity index is 1.62. The van der Waals surface area contributed by atoms with Gasteiger partial charge in [0.05, 0.1) is 6.04 Å². The Bertz CT molecular complexity index is 652. The minimum atomic E-state index is 0.0445. The molecule has 4 rings (SSSR count). The van der Waals surface area contributed by atoms with Crippen molar-refractivity contribution in [3.63, 3.8) is 0 Å². The van der Waals surface area contributed by atoms with Crippen LogP contribution in [0.15, 0.2) is 42.5 Å². The van der Waals surface area contributed by atoms with Crippen molar-refractivity contribution in [2.75, 3.05) is 0 Å². The first-order valence-electron chi connectivity index (χ1n) is 8.16. The van der Waals surface area contributed by atoms with Crippen LogP contribution in [0.2, 0.25) is 0 Å². The number of rotatable bonds is 2. The summed E-state index contributed by atoms with van der Waals surface area (Å²) < 4.78 is 0. The lowest BCUT2D eigenvalue weighted by Crippen LogP contribution is -2.26. The third-order valence-electron chi connectivity index (χ3n) is 5.32. The first kappa shape index (κ1) is 13.3. The quantitative estimate of drug-likeness (QED) is 0.715. The van der Waals surface area contributed by atoms with Crippen LogP contribution in [-0.4, -0.2) is 10.8 Å². The zero-order valence-electron chi connectivity index (χ0n) is 12.9. The summed E-state index contributed by atoms with van der Waals surface area (Å²) in [6, 6.07) is 15.6. The van der Waals surface area contributed by atoms with Crippen LogP contribution in [0.25, 0.3) is 10.8 Å². The van der Waals surface area contributed by atoms with E-state index in [9.17, 15) is 0 Å². The van der Waals surface area contributed by atoms with Gasteiger partial charge in [0.2, 0.25) is 0 Å². The van der Waals surface area contributed by atoms with Gasteiger partial charge < -0.3 is 0 Å². The van der Waals surface area contributed by atoms with Crippen molar-refractivity contribution in [2.24, 2.45) is 5.92 Å². The molecule has 0 aromatic heterocycles. The third kappa shape index (κ3) is 2.18. The maximum absolute atomic E-state index is 6.09. The molecule has 2 atom stereocenters. The van der Waals surface area contributed by atoms with E-state index in [0.717, 1.165) is 5.92 Å². The summed E-state index contributed by atoms with van der Waals surface area (Å²) in [6.45, 7) is 4.63. The van der Waals surface area contributed by atoms with Gasteiger partial charge in [-0.2, -0.15) is 0 Å². The highest BCUT2D eigenvalue weighted by Gasteiger charge is 2.58. The maximum Gasteiger partial charge on any atom is 0.165 e. The van der Waals surface area contributed by atoms with E-state index < -0.39 is 0 Å². The molecule has 1 spiro atoms. The van der Waals surface area contributed by atoms with Gasteiger partial charge in [0.25, 0.3) is 0 Å². The Morgan fingerprint density at radius 1 is 1.10 bits per heavy atom. The molecule has 1 saturated carbocycles. The Morgan fingerprint density at radius 2 is 1.81 bits per heavy atom. The second kappa shape index (κ2) is 4.82. The molecule has 0 N–H and O–H groups in total. The molecule has 2 unspecified atom stereocenters. The number of hydrogen-bond donors (Lipinski definition) is 0. The van der Waals surface area contributed by atoms with Gasteiger partial charge >= 0.3 is 0 Å². The smallest absolute Gasteiger partial charge is 0.165 e. The van der Waals surface area contributed by atoms with E-state index in [-0.39, 0.29) is 5.72 Å². The zero-order chi connectivity index (χ0) is 14.4. The average Bonchev–Trinajstić information content (AvgIpc) is 3.23. The molecular weight excluding hydrogens is 258 g/mol. The van der Waals surface area contributed by atoms with Gasteiger partial charge in [-0.15, -0.1) is 5.06 Å². The molecule has 1 heterocycles. The van der Waals surface area contributed by atoms with Crippen molar-refractivity contribution in [1.82, 2.24) is 5.06 Å². The first-order valence-corrected chi connectivity index (χ1v) is 8.16. The zero-order valence-corrected chi connectivity index (χ0v) is 12.9. The van der Waals surface area contributed by atoms with Crippen LogP contribution in [0, 0.1) is 5.92 Å². The highest BCUT2D eigenvalue weighted by Crippen LogP contribution is 2.53. The molecule has 0 bridgehead atoms. The maximum atomic E-state index is 6.09. The van der Waals surface area contributed by atoms with Gasteiger partial charge in [-0.3, -0.25) is 4.84 Å². The third-order valence-corrected chi connectivity index (χ3v) is 5.32. The predicted molar refractivity (Wildman–Crippen MR) is 85.7 cm³/mol. The normalized spacial score (nSPS) is 33.2. The molecule has 1 aliphatic heterocycles. The standard InChI is InChI=1S/C19H23NO/c1-14-10-12-19(13-11-14)20(21-19)15(2)17-9-5-7-16-6-3-4-8-18(16)17/h3-9,14-15H,10-13H2,1-2H3. The van der Waals surface area contributed by atoms with Crippen molar-refractivity contribution in [3.8, 4) is 0 Å². The van der Waals surface area contributed by atoms with E-state index in [1.54, 1.807) is 0 Å². The Morgan fingerprint density at radius 3 is 2.62 bits per heavy atom. The minimum Gasteiger partial charge on any atom is -0.271 e. The lowest BCUT2D eigenvalue weighted by Gasteiger charge is -2.24. The Hall–Kier alpha value is -1.38. The monoisotopic (exact) mass is 281 g/mol. The molecule has 110 valence electrons. The van der Waals surface area contributed by atoms with Gasteiger partial charge in [-0.05, 0) is 54.9 Å². The van der Waals surface area contributed by atoms with Crippen molar-refractivity contribution < 1.29 is 4.84 Å². The summed E-state index contributed by atoms with van der Waals surface area (Å²) in [6.07, 6.45) is 4.95. The van der Waals surface area contributed by atoms with Gasteiger partial charge in [0.1, 0.15) is 0 Å². The summed E-state index contributed by atoms with van der Waals surface area (Å²) in [5.74, 6) is 0.856. The van der Waals surface area contributed by atoms with Gasteiger partial charge in [-0.25, -0.2) is 0 Å². The van der Waals surface area contributed by atoms with Crippen molar-refractivity contribution in [3.05, 3.63) is 48.0 Å². The van der Waals surface area contributed by atoms with Crippen LogP contribution in [0.5, 0.6) is 0 Å². The number of hydrogen-bond acceptors (Lipinski definition) is 2.